The van der Waals surface area contributed by atoms with E-state index in [9.17, 15) is 9.90 Å². The molecule has 0 aliphatic carbocycles. The molecule has 0 bridgehead atoms. The quantitative estimate of drug-likeness (QED) is 0.238. The molecule has 3 aromatic rings. The summed E-state index contributed by atoms with van der Waals surface area (Å²) in [6, 6.07) is 17.8. The minimum absolute atomic E-state index is 0. The van der Waals surface area contributed by atoms with Crippen LogP contribution in [0.2, 0.25) is 0 Å². The number of aliphatic hydroxyl groups is 1. The molecule has 2 aromatic carbocycles. The van der Waals surface area contributed by atoms with Gasteiger partial charge in [0.25, 0.3) is 5.91 Å². The zero-order valence-corrected chi connectivity index (χ0v) is 21.1. The van der Waals surface area contributed by atoms with Gasteiger partial charge in [0.05, 0.1) is 0 Å². The molecule has 3 rings (SSSR count). The number of nitrogens with one attached hydrogen (secondary N) is 2. The van der Waals surface area contributed by atoms with Crippen molar-refractivity contribution in [3.05, 3.63) is 70.6 Å². The van der Waals surface area contributed by atoms with Crippen molar-refractivity contribution in [1.29, 1.82) is 0 Å². The second kappa shape index (κ2) is 12.0. The van der Waals surface area contributed by atoms with E-state index in [1.165, 1.54) is 4.70 Å². The third-order valence-electron chi connectivity index (χ3n) is 4.75. The highest BCUT2D eigenvalue weighted by Crippen LogP contribution is 2.29. The lowest BCUT2D eigenvalue weighted by atomic mass is 10.1. The van der Waals surface area contributed by atoms with Gasteiger partial charge in [-0.1, -0.05) is 30.3 Å². The Bertz CT molecular complexity index is 1000. The van der Waals surface area contributed by atoms with Crippen molar-refractivity contribution in [2.45, 2.75) is 12.5 Å². The van der Waals surface area contributed by atoms with Crippen LogP contribution in [0.25, 0.3) is 10.1 Å². The van der Waals surface area contributed by atoms with Gasteiger partial charge in [0.2, 0.25) is 0 Å². The third kappa shape index (κ3) is 6.91. The van der Waals surface area contributed by atoms with E-state index >= 15 is 0 Å². The SMILES string of the molecule is CN=C(NCCc1cccc(C(=O)N(C)C)c1)NCC(O)c1cc2ccccc2s1.I. The van der Waals surface area contributed by atoms with Crippen molar-refractivity contribution in [3.63, 3.8) is 0 Å². The van der Waals surface area contributed by atoms with E-state index in [1.807, 2.05) is 42.5 Å². The summed E-state index contributed by atoms with van der Waals surface area (Å²) >= 11 is 1.60. The first-order valence-corrected chi connectivity index (χ1v) is 10.7. The maximum absolute atomic E-state index is 12.1. The van der Waals surface area contributed by atoms with Crippen LogP contribution in [-0.4, -0.2) is 56.1 Å². The van der Waals surface area contributed by atoms with Crippen LogP contribution in [-0.2, 0) is 6.42 Å². The van der Waals surface area contributed by atoms with E-state index in [0.29, 0.717) is 24.6 Å². The van der Waals surface area contributed by atoms with Crippen molar-refractivity contribution >= 4 is 57.3 Å². The lowest BCUT2D eigenvalue weighted by Gasteiger charge is -2.15. The number of guanidine groups is 1. The van der Waals surface area contributed by atoms with Crippen molar-refractivity contribution < 1.29 is 9.90 Å². The second-order valence-corrected chi connectivity index (χ2v) is 8.35. The van der Waals surface area contributed by atoms with Gasteiger partial charge in [-0.05, 0) is 41.6 Å². The van der Waals surface area contributed by atoms with Gasteiger partial charge >= 0.3 is 0 Å². The summed E-state index contributed by atoms with van der Waals surface area (Å²) in [7, 11) is 5.20. The van der Waals surface area contributed by atoms with Gasteiger partial charge in [-0.25, -0.2) is 0 Å². The van der Waals surface area contributed by atoms with Crippen molar-refractivity contribution in [3.8, 4) is 0 Å². The molecule has 0 aliphatic rings. The number of hydrogen-bond acceptors (Lipinski definition) is 4. The highest BCUT2D eigenvalue weighted by Gasteiger charge is 2.12. The first kappa shape index (κ1) is 25.1. The molecule has 1 atom stereocenters. The Hall–Kier alpha value is -2.17. The van der Waals surface area contributed by atoms with Gasteiger partial charge in [0, 0.05) is 49.4 Å². The van der Waals surface area contributed by atoms with Gasteiger partial charge in [0.15, 0.2) is 5.96 Å². The molecule has 0 spiro atoms. The van der Waals surface area contributed by atoms with Crippen molar-refractivity contribution in [1.82, 2.24) is 15.5 Å². The van der Waals surface area contributed by atoms with E-state index in [-0.39, 0.29) is 29.9 Å². The minimum Gasteiger partial charge on any atom is -0.386 e. The summed E-state index contributed by atoms with van der Waals surface area (Å²) in [5, 5.41) is 18.1. The fourth-order valence-corrected chi connectivity index (χ4v) is 4.18. The van der Waals surface area contributed by atoms with Gasteiger partial charge in [0.1, 0.15) is 6.10 Å². The van der Waals surface area contributed by atoms with Crippen LogP contribution < -0.4 is 10.6 Å². The Balaban J connectivity index is 0.00000341. The Kier molecular flexibility index (Phi) is 9.73. The van der Waals surface area contributed by atoms with Crippen LogP contribution in [0.1, 0.15) is 26.9 Å². The highest BCUT2D eigenvalue weighted by atomic mass is 127. The number of nitrogens with zero attached hydrogens (tertiary/aromatic N) is 2. The zero-order chi connectivity index (χ0) is 21.5. The number of benzene rings is 2. The maximum Gasteiger partial charge on any atom is 0.253 e. The average molecular weight is 552 g/mol. The van der Waals surface area contributed by atoms with Crippen molar-refractivity contribution in [2.24, 2.45) is 4.99 Å². The fourth-order valence-electron chi connectivity index (χ4n) is 3.12. The Labute approximate surface area is 204 Å². The van der Waals surface area contributed by atoms with Crippen LogP contribution in [0.3, 0.4) is 0 Å². The average Bonchev–Trinajstić information content (AvgIpc) is 3.20. The molecule has 6 nitrogen and oxygen atoms in total. The molecule has 0 radical (unpaired) electrons. The standard InChI is InChI=1S/C23H28N4O2S.HI/c1-24-23(25-12-11-16-7-6-9-18(13-16)22(29)27(2)3)26-15-19(28)21-14-17-8-4-5-10-20(17)30-21;/h4-10,13-14,19,28H,11-12,15H2,1-3H3,(H2,24,25,26);1H. The summed E-state index contributed by atoms with van der Waals surface area (Å²) < 4.78 is 1.17. The van der Waals surface area contributed by atoms with Crippen LogP contribution in [0.5, 0.6) is 0 Å². The summed E-state index contributed by atoms with van der Waals surface area (Å²) in [5.74, 6) is 0.633. The number of amides is 1. The smallest absolute Gasteiger partial charge is 0.253 e. The molecule has 166 valence electrons. The monoisotopic (exact) mass is 552 g/mol. The lowest BCUT2D eigenvalue weighted by Crippen LogP contribution is -2.40. The fraction of sp³-hybridized carbons (Fsp3) is 0.304. The second-order valence-electron chi connectivity index (χ2n) is 7.23. The Morgan fingerprint density at radius 1 is 1.13 bits per heavy atom. The molecule has 1 aromatic heterocycles. The topological polar surface area (TPSA) is 77.0 Å². The molecule has 8 heteroatoms. The molecular formula is C23H29IN4O2S. The number of carbonyl (C=O) groups is 1. The van der Waals surface area contributed by atoms with Crippen LogP contribution in [0.15, 0.2) is 59.6 Å². The van der Waals surface area contributed by atoms with Crippen LogP contribution in [0.4, 0.5) is 0 Å². The van der Waals surface area contributed by atoms with Gasteiger partial charge in [-0.15, -0.1) is 35.3 Å². The largest absolute Gasteiger partial charge is 0.386 e. The number of carbonyl (C=O) groups excluding carboxylic acids is 1. The summed E-state index contributed by atoms with van der Waals surface area (Å²) in [5.41, 5.74) is 1.77. The number of hydrogen-bond donors (Lipinski definition) is 3. The predicted molar refractivity (Wildman–Crippen MR) is 140 cm³/mol. The van der Waals surface area contributed by atoms with E-state index in [1.54, 1.807) is 37.4 Å². The number of fused-ring (bicyclic) bond motifs is 1. The molecule has 1 heterocycles. The number of halogens is 1. The highest BCUT2D eigenvalue weighted by molar-refractivity contribution is 14.0. The molecule has 3 N–H and O–H groups in total. The van der Waals surface area contributed by atoms with Crippen LogP contribution in [0, 0.1) is 0 Å². The third-order valence-corrected chi connectivity index (χ3v) is 5.96. The first-order valence-electron chi connectivity index (χ1n) is 9.89. The molecular weight excluding hydrogens is 523 g/mol. The minimum atomic E-state index is -0.602. The molecule has 1 unspecified atom stereocenters. The van der Waals surface area contributed by atoms with Gasteiger partial charge < -0.3 is 20.6 Å². The summed E-state index contributed by atoms with van der Waals surface area (Å²) in [4.78, 5) is 18.8. The summed E-state index contributed by atoms with van der Waals surface area (Å²) in [6.45, 7) is 1.04. The van der Waals surface area contributed by atoms with Gasteiger partial charge in [-0.3, -0.25) is 9.79 Å². The molecule has 1 amide bonds. The molecule has 31 heavy (non-hydrogen) atoms. The Morgan fingerprint density at radius 2 is 1.90 bits per heavy atom. The lowest BCUT2D eigenvalue weighted by molar-refractivity contribution is 0.0827. The van der Waals surface area contributed by atoms with E-state index < -0.39 is 6.10 Å². The molecule has 0 saturated heterocycles. The molecule has 0 aliphatic heterocycles. The molecule has 0 fully saturated rings. The van der Waals surface area contributed by atoms with Gasteiger partial charge in [-0.2, -0.15) is 0 Å². The van der Waals surface area contributed by atoms with E-state index in [2.05, 4.69) is 27.8 Å². The number of rotatable bonds is 7. The van der Waals surface area contributed by atoms with E-state index in [0.717, 1.165) is 22.2 Å². The zero-order valence-electron chi connectivity index (χ0n) is 18.0. The summed E-state index contributed by atoms with van der Waals surface area (Å²) in [6.07, 6.45) is 0.156. The molecule has 0 saturated carbocycles. The first-order chi connectivity index (χ1) is 14.5. The van der Waals surface area contributed by atoms with Crippen molar-refractivity contribution in [2.75, 3.05) is 34.2 Å². The Morgan fingerprint density at radius 3 is 2.61 bits per heavy atom. The number of aliphatic hydroxyl groups excluding tert-OH is 1. The maximum atomic E-state index is 12.1. The number of aliphatic imine (C=N–C) groups is 1. The normalized spacial score (nSPS) is 12.2. The van der Waals surface area contributed by atoms with E-state index in [4.69, 9.17) is 0 Å². The van der Waals surface area contributed by atoms with Crippen LogP contribution >= 0.6 is 35.3 Å². The number of thiophene rings is 1. The predicted octanol–water partition coefficient (Wildman–Crippen LogP) is 3.66.